The lowest BCUT2D eigenvalue weighted by molar-refractivity contribution is -0.0956. The van der Waals surface area contributed by atoms with Gasteiger partial charge in [0.2, 0.25) is 0 Å². The molecule has 0 saturated carbocycles. The quantitative estimate of drug-likeness (QED) is 0.798. The molecule has 2 aliphatic rings. The van der Waals surface area contributed by atoms with E-state index in [4.69, 9.17) is 30.5 Å². The van der Waals surface area contributed by atoms with Gasteiger partial charge in [0.05, 0.1) is 32.0 Å². The van der Waals surface area contributed by atoms with Gasteiger partial charge in [-0.05, 0) is 31.9 Å². The highest BCUT2D eigenvalue weighted by Gasteiger charge is 2.32. The predicted molar refractivity (Wildman–Crippen MR) is 93.5 cm³/mol. The van der Waals surface area contributed by atoms with Gasteiger partial charge in [0.1, 0.15) is 0 Å². The third-order valence-electron chi connectivity index (χ3n) is 4.62. The van der Waals surface area contributed by atoms with Crippen LogP contribution in [0, 0.1) is 5.92 Å². The minimum absolute atomic E-state index is 0.0463. The monoisotopic (exact) mass is 369 g/mol. The smallest absolute Gasteiger partial charge is 0.254 e. The minimum atomic E-state index is -0.114. The van der Waals surface area contributed by atoms with Crippen LogP contribution in [0.5, 0.6) is 11.5 Å². The Morgan fingerprint density at radius 3 is 2.56 bits per heavy atom. The van der Waals surface area contributed by atoms with Crippen molar-refractivity contribution in [3.8, 4) is 11.5 Å². The Morgan fingerprint density at radius 1 is 1.28 bits per heavy atom. The molecule has 2 saturated heterocycles. The molecule has 0 bridgehead atoms. The average Bonchev–Trinajstić information content (AvgIpc) is 3.17. The van der Waals surface area contributed by atoms with Crippen LogP contribution in [0.2, 0.25) is 5.02 Å². The molecule has 2 heterocycles. The molecule has 6 nitrogen and oxygen atoms in total. The summed E-state index contributed by atoms with van der Waals surface area (Å²) in [7, 11) is 1.54. The Balaban J connectivity index is 1.68. The van der Waals surface area contributed by atoms with E-state index in [2.05, 4.69) is 0 Å². The van der Waals surface area contributed by atoms with Crippen LogP contribution in [-0.4, -0.2) is 57.1 Å². The summed E-state index contributed by atoms with van der Waals surface area (Å²) in [5.74, 6) is 1.25. The molecule has 138 valence electrons. The zero-order valence-corrected chi connectivity index (χ0v) is 15.4. The van der Waals surface area contributed by atoms with Gasteiger partial charge in [-0.2, -0.15) is 0 Å². The molecule has 0 aliphatic carbocycles. The van der Waals surface area contributed by atoms with Crippen molar-refractivity contribution in [1.82, 2.24) is 4.90 Å². The van der Waals surface area contributed by atoms with Gasteiger partial charge in [0.25, 0.3) is 5.91 Å². The maximum atomic E-state index is 12.8. The normalized spacial score (nSPS) is 19.2. The highest BCUT2D eigenvalue weighted by molar-refractivity contribution is 6.32. The number of hydrogen-bond acceptors (Lipinski definition) is 5. The van der Waals surface area contributed by atoms with E-state index in [0.29, 0.717) is 60.9 Å². The molecule has 1 amide bonds. The number of halogens is 1. The van der Waals surface area contributed by atoms with Crippen LogP contribution in [0.15, 0.2) is 12.1 Å². The number of likely N-dealkylation sites (tertiary alicyclic amines) is 1. The lowest BCUT2D eigenvalue weighted by Crippen LogP contribution is -2.41. The minimum Gasteiger partial charge on any atom is -0.493 e. The first-order valence-corrected chi connectivity index (χ1v) is 9.04. The van der Waals surface area contributed by atoms with Crippen LogP contribution in [0.25, 0.3) is 0 Å². The Hall–Kier alpha value is -1.50. The van der Waals surface area contributed by atoms with Crippen LogP contribution in [0.3, 0.4) is 0 Å². The van der Waals surface area contributed by atoms with E-state index in [9.17, 15) is 4.79 Å². The van der Waals surface area contributed by atoms with Gasteiger partial charge in [0.15, 0.2) is 17.8 Å². The molecular formula is C18H24ClNO5. The molecule has 1 aromatic rings. The fraction of sp³-hybridized carbons (Fsp3) is 0.611. The summed E-state index contributed by atoms with van der Waals surface area (Å²) in [6.07, 6.45) is 1.63. The van der Waals surface area contributed by atoms with Crippen LogP contribution in [-0.2, 0) is 9.47 Å². The van der Waals surface area contributed by atoms with Crippen LogP contribution in [0.4, 0.5) is 0 Å². The standard InChI is InChI=1S/C18H24ClNO5/c1-3-23-16-14(19)10-13(11-15(16)22-2)17(21)20-6-4-12(5-7-20)18-24-8-9-25-18/h10-12,18H,3-9H2,1-2H3. The van der Waals surface area contributed by atoms with Crippen LogP contribution in [0.1, 0.15) is 30.1 Å². The molecule has 25 heavy (non-hydrogen) atoms. The van der Waals surface area contributed by atoms with Crippen molar-refractivity contribution >= 4 is 17.5 Å². The summed E-state index contributed by atoms with van der Waals surface area (Å²) in [6, 6.07) is 3.33. The number of rotatable bonds is 5. The van der Waals surface area contributed by atoms with E-state index in [1.165, 1.54) is 7.11 Å². The van der Waals surface area contributed by atoms with Crippen molar-refractivity contribution < 1.29 is 23.7 Å². The summed E-state index contributed by atoms with van der Waals surface area (Å²) >= 11 is 6.28. The van der Waals surface area contributed by atoms with Gasteiger partial charge < -0.3 is 23.8 Å². The first kappa shape index (κ1) is 18.3. The number of benzene rings is 1. The molecule has 2 fully saturated rings. The molecule has 0 unspecified atom stereocenters. The number of ether oxygens (including phenoxy) is 4. The lowest BCUT2D eigenvalue weighted by atomic mass is 9.95. The number of carbonyl (C=O) groups excluding carboxylic acids is 1. The Labute approximate surface area is 152 Å². The second kappa shape index (κ2) is 8.25. The summed E-state index contributed by atoms with van der Waals surface area (Å²) in [5.41, 5.74) is 0.511. The summed E-state index contributed by atoms with van der Waals surface area (Å²) < 4.78 is 22.0. The van der Waals surface area contributed by atoms with E-state index in [1.54, 1.807) is 12.1 Å². The third kappa shape index (κ3) is 4.02. The van der Waals surface area contributed by atoms with Crippen molar-refractivity contribution in [2.75, 3.05) is 40.0 Å². The first-order valence-electron chi connectivity index (χ1n) is 8.66. The zero-order chi connectivity index (χ0) is 17.8. The van der Waals surface area contributed by atoms with E-state index < -0.39 is 0 Å². The van der Waals surface area contributed by atoms with Gasteiger partial charge in [-0.25, -0.2) is 0 Å². The van der Waals surface area contributed by atoms with Gasteiger partial charge in [-0.15, -0.1) is 0 Å². The molecule has 0 radical (unpaired) electrons. The molecule has 0 atom stereocenters. The van der Waals surface area contributed by atoms with Crippen molar-refractivity contribution in [3.05, 3.63) is 22.7 Å². The largest absolute Gasteiger partial charge is 0.493 e. The summed E-state index contributed by atoms with van der Waals surface area (Å²) in [6.45, 7) is 5.03. The second-order valence-electron chi connectivity index (χ2n) is 6.16. The van der Waals surface area contributed by atoms with Gasteiger partial charge in [-0.3, -0.25) is 4.79 Å². The van der Waals surface area contributed by atoms with Gasteiger partial charge >= 0.3 is 0 Å². The summed E-state index contributed by atoms with van der Waals surface area (Å²) in [5, 5.41) is 0.382. The molecule has 0 N–H and O–H groups in total. The Morgan fingerprint density at radius 2 is 1.96 bits per heavy atom. The second-order valence-corrected chi connectivity index (χ2v) is 6.57. The van der Waals surface area contributed by atoms with Gasteiger partial charge in [0, 0.05) is 24.6 Å². The van der Waals surface area contributed by atoms with Crippen molar-refractivity contribution in [2.24, 2.45) is 5.92 Å². The lowest BCUT2D eigenvalue weighted by Gasteiger charge is -2.34. The maximum Gasteiger partial charge on any atom is 0.254 e. The first-order chi connectivity index (χ1) is 12.1. The van der Waals surface area contributed by atoms with E-state index in [-0.39, 0.29) is 12.2 Å². The number of piperidine rings is 1. The molecule has 7 heteroatoms. The summed E-state index contributed by atoms with van der Waals surface area (Å²) in [4.78, 5) is 14.7. The Bertz CT molecular complexity index is 610. The topological polar surface area (TPSA) is 57.2 Å². The maximum absolute atomic E-state index is 12.8. The van der Waals surface area contributed by atoms with Crippen molar-refractivity contribution in [2.45, 2.75) is 26.1 Å². The number of hydrogen-bond donors (Lipinski definition) is 0. The molecule has 1 aromatic carbocycles. The molecular weight excluding hydrogens is 346 g/mol. The van der Waals surface area contributed by atoms with E-state index >= 15 is 0 Å². The number of methoxy groups -OCH3 is 1. The predicted octanol–water partition coefficient (Wildman–Crippen LogP) is 2.97. The van der Waals surface area contributed by atoms with Crippen LogP contribution < -0.4 is 9.47 Å². The fourth-order valence-electron chi connectivity index (χ4n) is 3.33. The number of nitrogens with zero attached hydrogens (tertiary/aromatic N) is 1. The van der Waals surface area contributed by atoms with Crippen molar-refractivity contribution in [3.63, 3.8) is 0 Å². The Kier molecular flexibility index (Phi) is 6.04. The SMILES string of the molecule is CCOc1c(Cl)cc(C(=O)N2CCC(C3OCCO3)CC2)cc1OC. The average molecular weight is 370 g/mol. The van der Waals surface area contributed by atoms with Crippen molar-refractivity contribution in [1.29, 1.82) is 0 Å². The fourth-order valence-corrected chi connectivity index (χ4v) is 3.60. The molecule has 0 spiro atoms. The molecule has 2 aliphatic heterocycles. The zero-order valence-electron chi connectivity index (χ0n) is 14.6. The molecule has 0 aromatic heterocycles. The third-order valence-corrected chi connectivity index (χ3v) is 4.91. The van der Waals surface area contributed by atoms with E-state index in [1.807, 2.05) is 11.8 Å². The van der Waals surface area contributed by atoms with Gasteiger partial charge in [-0.1, -0.05) is 11.6 Å². The number of carbonyl (C=O) groups is 1. The highest BCUT2D eigenvalue weighted by Crippen LogP contribution is 2.37. The van der Waals surface area contributed by atoms with E-state index in [0.717, 1.165) is 12.8 Å². The number of amides is 1. The van der Waals surface area contributed by atoms with Crippen LogP contribution >= 0.6 is 11.6 Å². The molecule has 3 rings (SSSR count). The highest BCUT2D eigenvalue weighted by atomic mass is 35.5.